The molecular formula is C22H29N7O4. The van der Waals surface area contributed by atoms with Gasteiger partial charge in [-0.2, -0.15) is 4.98 Å². The van der Waals surface area contributed by atoms with E-state index in [-0.39, 0.29) is 6.09 Å². The minimum absolute atomic E-state index is 0.295. The van der Waals surface area contributed by atoms with Crippen LogP contribution in [0, 0.1) is 0 Å². The fourth-order valence-electron chi connectivity index (χ4n) is 3.52. The lowest BCUT2D eigenvalue weighted by atomic mass is 10.2. The molecule has 0 unspecified atom stereocenters. The zero-order chi connectivity index (χ0) is 23.6. The highest BCUT2D eigenvalue weighted by Gasteiger charge is 2.27. The summed E-state index contributed by atoms with van der Waals surface area (Å²) in [5, 5.41) is 7.72. The van der Waals surface area contributed by atoms with Crippen LogP contribution < -0.4 is 19.7 Å². The van der Waals surface area contributed by atoms with E-state index < -0.39 is 5.60 Å². The summed E-state index contributed by atoms with van der Waals surface area (Å²) in [6.45, 7) is 7.92. The number of fused-ring (bicyclic) bond motifs is 1. The average Bonchev–Trinajstić information content (AvgIpc) is 3.20. The third-order valence-electron chi connectivity index (χ3n) is 5.07. The Morgan fingerprint density at radius 1 is 1.03 bits per heavy atom. The SMILES string of the molecule is COc1cc(Nc2nc3c(N4CCN(C(=O)OC(C)(C)C)CC4)nccn3n2)cc(OC)c1. The van der Waals surface area contributed by atoms with Gasteiger partial charge in [-0.25, -0.2) is 14.3 Å². The number of hydrogen-bond donors (Lipinski definition) is 1. The van der Waals surface area contributed by atoms with Gasteiger partial charge in [-0.05, 0) is 20.8 Å². The number of ether oxygens (including phenoxy) is 3. The van der Waals surface area contributed by atoms with Crippen molar-refractivity contribution in [2.24, 2.45) is 0 Å². The Balaban J connectivity index is 1.50. The lowest BCUT2D eigenvalue weighted by Gasteiger charge is -2.36. The third-order valence-corrected chi connectivity index (χ3v) is 5.07. The molecule has 1 amide bonds. The summed E-state index contributed by atoms with van der Waals surface area (Å²) in [4.78, 5) is 25.4. The van der Waals surface area contributed by atoms with Crippen molar-refractivity contribution in [2.75, 3.05) is 50.6 Å². The van der Waals surface area contributed by atoms with E-state index in [9.17, 15) is 4.79 Å². The van der Waals surface area contributed by atoms with Crippen molar-refractivity contribution >= 4 is 29.2 Å². The second kappa shape index (κ2) is 9.00. The molecule has 0 radical (unpaired) electrons. The number of nitrogens with one attached hydrogen (secondary N) is 1. The van der Waals surface area contributed by atoms with E-state index in [0.717, 1.165) is 5.69 Å². The normalized spacial score (nSPS) is 14.3. The lowest BCUT2D eigenvalue weighted by molar-refractivity contribution is 0.0240. The molecule has 4 rings (SSSR count). The van der Waals surface area contributed by atoms with Crippen LogP contribution in [0.4, 0.5) is 22.2 Å². The van der Waals surface area contributed by atoms with E-state index in [1.54, 1.807) is 42.1 Å². The fourth-order valence-corrected chi connectivity index (χ4v) is 3.52. The first-order valence-corrected chi connectivity index (χ1v) is 10.7. The molecule has 0 atom stereocenters. The quantitative estimate of drug-likeness (QED) is 0.621. The van der Waals surface area contributed by atoms with E-state index in [2.05, 4.69) is 25.3 Å². The van der Waals surface area contributed by atoms with Gasteiger partial charge < -0.3 is 29.3 Å². The van der Waals surface area contributed by atoms with Crippen LogP contribution in [-0.4, -0.2) is 76.6 Å². The molecular weight excluding hydrogens is 426 g/mol. The molecule has 1 aliphatic heterocycles. The highest BCUT2D eigenvalue weighted by molar-refractivity contribution is 5.70. The molecule has 0 bridgehead atoms. The molecule has 0 saturated carbocycles. The predicted molar refractivity (Wildman–Crippen MR) is 124 cm³/mol. The number of piperazine rings is 1. The number of anilines is 3. The van der Waals surface area contributed by atoms with Crippen LogP contribution >= 0.6 is 0 Å². The monoisotopic (exact) mass is 455 g/mol. The van der Waals surface area contributed by atoms with Gasteiger partial charge in [0.15, 0.2) is 11.5 Å². The Morgan fingerprint density at radius 3 is 2.30 bits per heavy atom. The van der Waals surface area contributed by atoms with Crippen molar-refractivity contribution in [3.05, 3.63) is 30.6 Å². The number of aromatic nitrogens is 4. The number of carbonyl (C=O) groups excluding carboxylic acids is 1. The minimum Gasteiger partial charge on any atom is -0.497 e. The van der Waals surface area contributed by atoms with E-state index in [0.29, 0.717) is 55.1 Å². The predicted octanol–water partition coefficient (Wildman–Crippen LogP) is 2.94. The highest BCUT2D eigenvalue weighted by Crippen LogP contribution is 2.28. The van der Waals surface area contributed by atoms with Crippen LogP contribution in [0.25, 0.3) is 5.65 Å². The molecule has 11 nitrogen and oxygen atoms in total. The first kappa shape index (κ1) is 22.4. The van der Waals surface area contributed by atoms with Crippen LogP contribution in [0.5, 0.6) is 11.5 Å². The van der Waals surface area contributed by atoms with Crippen LogP contribution in [0.2, 0.25) is 0 Å². The van der Waals surface area contributed by atoms with Gasteiger partial charge in [0, 0.05) is 62.5 Å². The van der Waals surface area contributed by atoms with Crippen LogP contribution in [-0.2, 0) is 4.74 Å². The standard InChI is InChI=1S/C22H29N7O4/c1-22(2,3)33-21(30)28-10-8-27(9-11-28)18-19-25-20(26-29(19)7-6-23-18)24-15-12-16(31-4)14-17(13-15)32-5/h6-7,12-14H,8-11H2,1-5H3,(H,24,26). The van der Waals surface area contributed by atoms with E-state index in [1.165, 1.54) is 0 Å². The summed E-state index contributed by atoms with van der Waals surface area (Å²) < 4.78 is 17.8. The second-order valence-electron chi connectivity index (χ2n) is 8.64. The van der Waals surface area contributed by atoms with Crippen molar-refractivity contribution in [2.45, 2.75) is 26.4 Å². The Hall–Kier alpha value is -3.76. The van der Waals surface area contributed by atoms with E-state index in [4.69, 9.17) is 14.2 Å². The highest BCUT2D eigenvalue weighted by atomic mass is 16.6. The van der Waals surface area contributed by atoms with Gasteiger partial charge in [-0.1, -0.05) is 0 Å². The van der Waals surface area contributed by atoms with Crippen molar-refractivity contribution < 1.29 is 19.0 Å². The Morgan fingerprint density at radius 2 is 1.70 bits per heavy atom. The maximum absolute atomic E-state index is 12.4. The molecule has 1 fully saturated rings. The third kappa shape index (κ3) is 5.18. The number of hydrogen-bond acceptors (Lipinski definition) is 9. The molecule has 11 heteroatoms. The maximum atomic E-state index is 12.4. The molecule has 1 N–H and O–H groups in total. The van der Waals surface area contributed by atoms with Gasteiger partial charge in [0.1, 0.15) is 17.1 Å². The molecule has 1 aromatic carbocycles. The summed E-state index contributed by atoms with van der Waals surface area (Å²) in [7, 11) is 3.20. The van der Waals surface area contributed by atoms with Gasteiger partial charge in [0.25, 0.3) is 0 Å². The molecule has 176 valence electrons. The molecule has 1 aliphatic rings. The molecule has 33 heavy (non-hydrogen) atoms. The first-order valence-electron chi connectivity index (χ1n) is 10.7. The summed E-state index contributed by atoms with van der Waals surface area (Å²) >= 11 is 0. The fraction of sp³-hybridized carbons (Fsp3) is 0.455. The molecule has 1 saturated heterocycles. The van der Waals surface area contributed by atoms with Crippen LogP contribution in [0.3, 0.4) is 0 Å². The van der Waals surface area contributed by atoms with Crippen molar-refractivity contribution in [1.82, 2.24) is 24.5 Å². The van der Waals surface area contributed by atoms with Crippen molar-refractivity contribution in [3.8, 4) is 11.5 Å². The average molecular weight is 456 g/mol. The van der Waals surface area contributed by atoms with Gasteiger partial charge >= 0.3 is 6.09 Å². The maximum Gasteiger partial charge on any atom is 0.410 e. The molecule has 3 aromatic rings. The number of benzene rings is 1. The first-order chi connectivity index (χ1) is 15.8. The lowest BCUT2D eigenvalue weighted by Crippen LogP contribution is -2.50. The minimum atomic E-state index is -0.515. The second-order valence-corrected chi connectivity index (χ2v) is 8.64. The molecule has 2 aromatic heterocycles. The topological polar surface area (TPSA) is 106 Å². The summed E-state index contributed by atoms with van der Waals surface area (Å²) in [6, 6.07) is 5.47. The Labute approximate surface area is 192 Å². The number of carbonyl (C=O) groups is 1. The molecule has 0 aliphatic carbocycles. The van der Waals surface area contributed by atoms with Gasteiger partial charge in [0.2, 0.25) is 5.95 Å². The smallest absolute Gasteiger partial charge is 0.410 e. The van der Waals surface area contributed by atoms with E-state index >= 15 is 0 Å². The van der Waals surface area contributed by atoms with Crippen LogP contribution in [0.1, 0.15) is 20.8 Å². The zero-order valence-corrected chi connectivity index (χ0v) is 19.5. The van der Waals surface area contributed by atoms with Gasteiger partial charge in [0.05, 0.1) is 14.2 Å². The summed E-state index contributed by atoms with van der Waals surface area (Å²) in [5.41, 5.74) is 0.849. The Kier molecular flexibility index (Phi) is 6.12. The van der Waals surface area contributed by atoms with Crippen LogP contribution in [0.15, 0.2) is 30.6 Å². The van der Waals surface area contributed by atoms with Crippen molar-refractivity contribution in [1.29, 1.82) is 0 Å². The molecule has 3 heterocycles. The van der Waals surface area contributed by atoms with Crippen molar-refractivity contribution in [3.63, 3.8) is 0 Å². The van der Waals surface area contributed by atoms with E-state index in [1.807, 2.05) is 32.9 Å². The zero-order valence-electron chi connectivity index (χ0n) is 19.5. The summed E-state index contributed by atoms with van der Waals surface area (Å²) in [6.07, 6.45) is 3.14. The number of methoxy groups -OCH3 is 2. The largest absolute Gasteiger partial charge is 0.497 e. The Bertz CT molecular complexity index is 1110. The number of rotatable bonds is 5. The van der Waals surface area contributed by atoms with Gasteiger partial charge in [-0.15, -0.1) is 5.10 Å². The number of nitrogens with zero attached hydrogens (tertiary/aromatic N) is 6. The number of amides is 1. The molecule has 0 spiro atoms. The van der Waals surface area contributed by atoms with Gasteiger partial charge in [-0.3, -0.25) is 0 Å². The summed E-state index contributed by atoms with van der Waals surface area (Å²) in [5.74, 6) is 2.45.